The van der Waals surface area contributed by atoms with Gasteiger partial charge in [0.1, 0.15) is 0 Å². The standard InChI is InChI=1S/C16H23ClN2OS/c1-16(2,3)18-8-6-15(20)19-13-7-9-21-14-5-4-11(17)10-12(13)14/h4-5,10,13,18H,6-9H2,1-3H3,(H,19,20). The second-order valence-corrected chi connectivity index (χ2v) is 7.94. The minimum atomic E-state index is 0.0435. The molecule has 0 saturated carbocycles. The SMILES string of the molecule is CC(C)(C)NCCC(=O)NC1CCSc2ccc(Cl)cc21. The lowest BCUT2D eigenvalue weighted by atomic mass is 10.0. The Balaban J connectivity index is 1.92. The Morgan fingerprint density at radius 2 is 2.19 bits per heavy atom. The van der Waals surface area contributed by atoms with Crippen molar-refractivity contribution in [2.45, 2.75) is 50.1 Å². The van der Waals surface area contributed by atoms with E-state index in [0.29, 0.717) is 13.0 Å². The summed E-state index contributed by atoms with van der Waals surface area (Å²) >= 11 is 7.91. The monoisotopic (exact) mass is 326 g/mol. The number of rotatable bonds is 4. The molecule has 1 aromatic carbocycles. The maximum atomic E-state index is 12.1. The average molecular weight is 327 g/mol. The molecule has 0 aromatic heterocycles. The molecule has 0 aliphatic carbocycles. The molecule has 1 aliphatic heterocycles. The topological polar surface area (TPSA) is 41.1 Å². The molecular formula is C16H23ClN2OS. The first-order chi connectivity index (χ1) is 9.85. The van der Waals surface area contributed by atoms with Gasteiger partial charge in [-0.2, -0.15) is 0 Å². The van der Waals surface area contributed by atoms with E-state index in [-0.39, 0.29) is 17.5 Å². The van der Waals surface area contributed by atoms with Crippen molar-refractivity contribution >= 4 is 29.3 Å². The minimum Gasteiger partial charge on any atom is -0.349 e. The van der Waals surface area contributed by atoms with Crippen LogP contribution in [0.2, 0.25) is 5.02 Å². The molecule has 0 fully saturated rings. The summed E-state index contributed by atoms with van der Waals surface area (Å²) in [5, 5.41) is 7.20. The Morgan fingerprint density at radius 3 is 2.90 bits per heavy atom. The van der Waals surface area contributed by atoms with Crippen LogP contribution in [0.5, 0.6) is 0 Å². The van der Waals surface area contributed by atoms with E-state index >= 15 is 0 Å². The zero-order valence-corrected chi connectivity index (χ0v) is 14.4. The number of benzene rings is 1. The summed E-state index contributed by atoms with van der Waals surface area (Å²) in [6.07, 6.45) is 1.45. The van der Waals surface area contributed by atoms with Crippen molar-refractivity contribution < 1.29 is 4.79 Å². The zero-order chi connectivity index (χ0) is 15.5. The van der Waals surface area contributed by atoms with Crippen LogP contribution in [0.4, 0.5) is 0 Å². The number of carbonyl (C=O) groups excluding carboxylic acids is 1. The molecule has 0 saturated heterocycles. The summed E-state index contributed by atoms with van der Waals surface area (Å²) in [6, 6.07) is 6.01. The van der Waals surface area contributed by atoms with E-state index in [1.807, 2.05) is 30.0 Å². The smallest absolute Gasteiger partial charge is 0.221 e. The molecule has 1 atom stereocenters. The second kappa shape index (κ2) is 7.03. The van der Waals surface area contributed by atoms with Gasteiger partial charge in [-0.05, 0) is 51.0 Å². The molecule has 0 radical (unpaired) electrons. The lowest BCUT2D eigenvalue weighted by Crippen LogP contribution is -2.39. The lowest BCUT2D eigenvalue weighted by molar-refractivity contribution is -0.121. The van der Waals surface area contributed by atoms with Crippen molar-refractivity contribution in [1.82, 2.24) is 10.6 Å². The van der Waals surface area contributed by atoms with Crippen LogP contribution in [0, 0.1) is 0 Å². The summed E-state index contributed by atoms with van der Waals surface area (Å²) < 4.78 is 0. The third-order valence-corrected chi connectivity index (χ3v) is 4.71. The number of fused-ring (bicyclic) bond motifs is 1. The molecule has 0 spiro atoms. The van der Waals surface area contributed by atoms with Crippen LogP contribution in [-0.4, -0.2) is 23.7 Å². The summed E-state index contributed by atoms with van der Waals surface area (Å²) in [4.78, 5) is 13.3. The molecule has 2 rings (SSSR count). The number of hydrogen-bond donors (Lipinski definition) is 2. The number of thioether (sulfide) groups is 1. The van der Waals surface area contributed by atoms with Gasteiger partial charge in [0.2, 0.25) is 5.91 Å². The van der Waals surface area contributed by atoms with Gasteiger partial charge in [0.25, 0.3) is 0 Å². The minimum absolute atomic E-state index is 0.0435. The van der Waals surface area contributed by atoms with E-state index in [0.717, 1.165) is 22.8 Å². The van der Waals surface area contributed by atoms with Crippen LogP contribution in [0.1, 0.15) is 45.2 Å². The van der Waals surface area contributed by atoms with Crippen molar-refractivity contribution in [1.29, 1.82) is 0 Å². The third kappa shape index (κ3) is 5.20. The van der Waals surface area contributed by atoms with Gasteiger partial charge in [0.15, 0.2) is 0 Å². The maximum Gasteiger partial charge on any atom is 0.221 e. The van der Waals surface area contributed by atoms with Crippen molar-refractivity contribution in [3.63, 3.8) is 0 Å². The Bertz CT molecular complexity index is 513. The fourth-order valence-electron chi connectivity index (χ4n) is 2.33. The van der Waals surface area contributed by atoms with Crippen molar-refractivity contribution in [2.24, 2.45) is 0 Å². The highest BCUT2D eigenvalue weighted by Gasteiger charge is 2.22. The molecule has 21 heavy (non-hydrogen) atoms. The summed E-state index contributed by atoms with van der Waals surface area (Å²) in [6.45, 7) is 6.99. The number of halogens is 1. The first kappa shape index (κ1) is 16.7. The number of amides is 1. The number of hydrogen-bond acceptors (Lipinski definition) is 3. The number of carbonyl (C=O) groups is 1. The van der Waals surface area contributed by atoms with E-state index in [9.17, 15) is 4.79 Å². The van der Waals surface area contributed by atoms with Gasteiger partial charge in [0, 0.05) is 34.2 Å². The highest BCUT2D eigenvalue weighted by Crippen LogP contribution is 2.37. The first-order valence-corrected chi connectivity index (χ1v) is 8.68. The second-order valence-electron chi connectivity index (χ2n) is 6.37. The van der Waals surface area contributed by atoms with Crippen LogP contribution >= 0.6 is 23.4 Å². The van der Waals surface area contributed by atoms with Gasteiger partial charge in [0.05, 0.1) is 6.04 Å². The molecule has 1 aliphatic rings. The fraction of sp³-hybridized carbons (Fsp3) is 0.562. The van der Waals surface area contributed by atoms with E-state index in [2.05, 4.69) is 31.4 Å². The van der Waals surface area contributed by atoms with Crippen LogP contribution < -0.4 is 10.6 Å². The molecule has 116 valence electrons. The zero-order valence-electron chi connectivity index (χ0n) is 12.8. The van der Waals surface area contributed by atoms with Crippen molar-refractivity contribution in [2.75, 3.05) is 12.3 Å². The van der Waals surface area contributed by atoms with E-state index in [1.165, 1.54) is 4.90 Å². The van der Waals surface area contributed by atoms with Gasteiger partial charge >= 0.3 is 0 Å². The molecular weight excluding hydrogens is 304 g/mol. The lowest BCUT2D eigenvalue weighted by Gasteiger charge is -2.26. The molecule has 1 aromatic rings. The molecule has 2 N–H and O–H groups in total. The van der Waals surface area contributed by atoms with Gasteiger partial charge in [-0.1, -0.05) is 11.6 Å². The highest BCUT2D eigenvalue weighted by atomic mass is 35.5. The first-order valence-electron chi connectivity index (χ1n) is 7.32. The summed E-state index contributed by atoms with van der Waals surface area (Å²) in [5.74, 6) is 1.12. The molecule has 0 bridgehead atoms. The summed E-state index contributed by atoms with van der Waals surface area (Å²) in [5.41, 5.74) is 1.19. The predicted octanol–water partition coefficient (Wildman–Crippen LogP) is 3.77. The fourth-order valence-corrected chi connectivity index (χ4v) is 3.62. The van der Waals surface area contributed by atoms with Crippen molar-refractivity contribution in [3.05, 3.63) is 28.8 Å². The van der Waals surface area contributed by atoms with Gasteiger partial charge in [-0.3, -0.25) is 4.79 Å². The van der Waals surface area contributed by atoms with Crippen molar-refractivity contribution in [3.8, 4) is 0 Å². The molecule has 5 heteroatoms. The predicted molar refractivity (Wildman–Crippen MR) is 90.0 cm³/mol. The molecule has 1 unspecified atom stereocenters. The molecule has 3 nitrogen and oxygen atoms in total. The summed E-state index contributed by atoms with van der Waals surface area (Å²) in [7, 11) is 0. The normalized spacial score (nSPS) is 18.2. The van der Waals surface area contributed by atoms with Crippen LogP contribution in [-0.2, 0) is 4.79 Å². The van der Waals surface area contributed by atoms with Crippen LogP contribution in [0.25, 0.3) is 0 Å². The quantitative estimate of drug-likeness (QED) is 0.885. The Hall–Kier alpha value is -0.710. The Morgan fingerprint density at radius 1 is 1.43 bits per heavy atom. The average Bonchev–Trinajstić information content (AvgIpc) is 2.38. The molecule has 1 amide bonds. The van der Waals surface area contributed by atoms with E-state index < -0.39 is 0 Å². The van der Waals surface area contributed by atoms with Crippen LogP contribution in [0.15, 0.2) is 23.1 Å². The van der Waals surface area contributed by atoms with Gasteiger partial charge in [-0.15, -0.1) is 11.8 Å². The van der Waals surface area contributed by atoms with Gasteiger partial charge < -0.3 is 10.6 Å². The molecule has 1 heterocycles. The van der Waals surface area contributed by atoms with E-state index in [4.69, 9.17) is 11.6 Å². The Labute approximate surface area is 136 Å². The maximum absolute atomic E-state index is 12.1. The highest BCUT2D eigenvalue weighted by molar-refractivity contribution is 7.99. The van der Waals surface area contributed by atoms with Crippen LogP contribution in [0.3, 0.4) is 0 Å². The Kier molecular flexibility index (Phi) is 5.58. The number of nitrogens with one attached hydrogen (secondary N) is 2. The third-order valence-electron chi connectivity index (χ3n) is 3.35. The van der Waals surface area contributed by atoms with E-state index in [1.54, 1.807) is 0 Å². The largest absolute Gasteiger partial charge is 0.349 e. The van der Waals surface area contributed by atoms with Gasteiger partial charge in [-0.25, -0.2) is 0 Å².